The number of benzene rings is 2. The summed E-state index contributed by atoms with van der Waals surface area (Å²) in [6.07, 6.45) is 1.26. The highest BCUT2D eigenvalue weighted by atomic mass is 16.3. The molecule has 22 heavy (non-hydrogen) atoms. The number of phenolic OH excluding ortho intramolecular Hbond substituents is 1. The minimum Gasteiger partial charge on any atom is -0.506 e. The largest absolute Gasteiger partial charge is 0.506 e. The van der Waals surface area contributed by atoms with E-state index in [4.69, 9.17) is 0 Å². The van der Waals surface area contributed by atoms with E-state index in [1.165, 1.54) is 6.33 Å². The Hall–Kier alpha value is -2.66. The summed E-state index contributed by atoms with van der Waals surface area (Å²) in [7, 11) is 0. The first-order valence-electron chi connectivity index (χ1n) is 6.90. The number of nitrogens with one attached hydrogen (secondary N) is 1. The van der Waals surface area contributed by atoms with E-state index in [1.807, 2.05) is 24.3 Å². The van der Waals surface area contributed by atoms with Crippen LogP contribution in [0.2, 0.25) is 0 Å². The van der Waals surface area contributed by atoms with Crippen molar-refractivity contribution in [2.24, 2.45) is 0 Å². The van der Waals surface area contributed by atoms with Crippen molar-refractivity contribution < 1.29 is 10.2 Å². The summed E-state index contributed by atoms with van der Waals surface area (Å²) >= 11 is 0. The minimum atomic E-state index is -1.04. The lowest BCUT2D eigenvalue weighted by molar-refractivity contribution is 0.0792. The second kappa shape index (κ2) is 4.96. The van der Waals surface area contributed by atoms with Gasteiger partial charge in [0.05, 0.1) is 17.3 Å². The van der Waals surface area contributed by atoms with Gasteiger partial charge < -0.3 is 15.2 Å². The first-order chi connectivity index (χ1) is 10.4. The molecular weight excluding hydrogens is 280 g/mol. The number of nitrogens with zero attached hydrogens (tertiary/aromatic N) is 1. The maximum absolute atomic E-state index is 11.9. The highest BCUT2D eigenvalue weighted by Crippen LogP contribution is 2.35. The van der Waals surface area contributed by atoms with Crippen molar-refractivity contribution in [3.63, 3.8) is 0 Å². The molecule has 0 atom stereocenters. The van der Waals surface area contributed by atoms with Crippen molar-refractivity contribution in [2.45, 2.75) is 19.4 Å². The Kier molecular flexibility index (Phi) is 3.22. The number of aliphatic hydroxyl groups is 1. The van der Waals surface area contributed by atoms with E-state index in [9.17, 15) is 15.0 Å². The lowest BCUT2D eigenvalue weighted by atomic mass is 9.89. The van der Waals surface area contributed by atoms with Gasteiger partial charge in [-0.15, -0.1) is 0 Å². The molecule has 0 bridgehead atoms. The van der Waals surface area contributed by atoms with Crippen molar-refractivity contribution >= 4 is 10.9 Å². The molecule has 3 rings (SSSR count). The van der Waals surface area contributed by atoms with E-state index in [0.717, 1.165) is 5.56 Å². The number of phenols is 1. The van der Waals surface area contributed by atoms with Crippen molar-refractivity contribution in [3.05, 3.63) is 58.6 Å². The van der Waals surface area contributed by atoms with Crippen LogP contribution >= 0.6 is 0 Å². The van der Waals surface area contributed by atoms with Crippen LogP contribution in [-0.4, -0.2) is 20.2 Å². The fraction of sp³-hybridized carbons (Fsp3) is 0.176. The number of fused-ring (bicyclic) bond motifs is 1. The topological polar surface area (TPSA) is 86.2 Å². The van der Waals surface area contributed by atoms with Gasteiger partial charge in [0.15, 0.2) is 0 Å². The molecule has 1 heterocycles. The number of hydrogen-bond donors (Lipinski definition) is 3. The predicted octanol–water partition coefficient (Wildman–Crippen LogP) is 2.52. The van der Waals surface area contributed by atoms with Gasteiger partial charge in [-0.2, -0.15) is 0 Å². The summed E-state index contributed by atoms with van der Waals surface area (Å²) < 4.78 is 0. The quantitative estimate of drug-likeness (QED) is 0.678. The van der Waals surface area contributed by atoms with Gasteiger partial charge in [0.2, 0.25) is 0 Å². The van der Waals surface area contributed by atoms with Gasteiger partial charge in [0, 0.05) is 0 Å². The lowest BCUT2D eigenvalue weighted by Crippen LogP contribution is -2.16. The molecule has 0 spiro atoms. The minimum absolute atomic E-state index is 0.0656. The van der Waals surface area contributed by atoms with Crippen molar-refractivity contribution in [1.29, 1.82) is 0 Å². The van der Waals surface area contributed by atoms with Crippen LogP contribution in [0.3, 0.4) is 0 Å². The maximum atomic E-state index is 11.9. The second-order valence-electron chi connectivity index (χ2n) is 5.73. The Morgan fingerprint density at radius 2 is 1.91 bits per heavy atom. The first-order valence-corrected chi connectivity index (χ1v) is 6.90. The van der Waals surface area contributed by atoms with Gasteiger partial charge in [0.1, 0.15) is 11.3 Å². The number of aromatic amines is 1. The fourth-order valence-corrected chi connectivity index (χ4v) is 2.58. The molecule has 0 saturated carbocycles. The smallest absolute Gasteiger partial charge is 0.258 e. The molecular formula is C17H16N2O3. The first kappa shape index (κ1) is 14.3. The van der Waals surface area contributed by atoms with Crippen molar-refractivity contribution in [1.82, 2.24) is 9.97 Å². The van der Waals surface area contributed by atoms with Gasteiger partial charge >= 0.3 is 0 Å². The Morgan fingerprint density at radius 3 is 2.64 bits per heavy atom. The average Bonchev–Trinajstić information content (AvgIpc) is 2.47. The van der Waals surface area contributed by atoms with Crippen LogP contribution < -0.4 is 5.56 Å². The second-order valence-corrected chi connectivity index (χ2v) is 5.73. The van der Waals surface area contributed by atoms with Gasteiger partial charge in [0.25, 0.3) is 5.56 Å². The summed E-state index contributed by atoms with van der Waals surface area (Å²) in [4.78, 5) is 18.4. The monoisotopic (exact) mass is 296 g/mol. The molecule has 5 nitrogen and oxygen atoms in total. The molecule has 0 saturated heterocycles. The molecule has 0 fully saturated rings. The van der Waals surface area contributed by atoms with Gasteiger partial charge in [-0.05, 0) is 42.7 Å². The van der Waals surface area contributed by atoms with Crippen LogP contribution in [0.4, 0.5) is 0 Å². The van der Waals surface area contributed by atoms with Crippen LogP contribution in [0.5, 0.6) is 5.75 Å². The molecule has 0 aliphatic rings. The summed E-state index contributed by atoms with van der Waals surface area (Å²) in [6, 6.07) is 10.6. The van der Waals surface area contributed by atoms with Gasteiger partial charge in [-0.1, -0.05) is 24.3 Å². The average molecular weight is 296 g/mol. The van der Waals surface area contributed by atoms with E-state index in [1.54, 1.807) is 26.0 Å². The molecule has 0 unspecified atom stereocenters. The van der Waals surface area contributed by atoms with Crippen LogP contribution in [-0.2, 0) is 5.60 Å². The summed E-state index contributed by atoms with van der Waals surface area (Å²) in [6.45, 7) is 3.39. The molecule has 0 radical (unpaired) electrons. The van der Waals surface area contributed by atoms with Crippen LogP contribution in [0, 0.1) is 0 Å². The van der Waals surface area contributed by atoms with Gasteiger partial charge in [-0.25, -0.2) is 4.98 Å². The Bertz CT molecular complexity index is 908. The van der Waals surface area contributed by atoms with E-state index >= 15 is 0 Å². The predicted molar refractivity (Wildman–Crippen MR) is 84.7 cm³/mol. The Balaban J connectivity index is 2.33. The standard InChI is InChI=1S/C17H16N2O3/c1-17(2,22)13-6-4-3-5-11(13)10-7-12-15(14(20)8-10)18-9-19-16(12)21/h3-9,20,22H,1-2H3,(H,18,19,21). The van der Waals surface area contributed by atoms with Crippen molar-refractivity contribution in [2.75, 3.05) is 0 Å². The normalized spacial score (nSPS) is 11.8. The van der Waals surface area contributed by atoms with E-state index in [-0.39, 0.29) is 16.8 Å². The Morgan fingerprint density at radius 1 is 1.18 bits per heavy atom. The van der Waals surface area contributed by atoms with Crippen LogP contribution in [0.1, 0.15) is 19.4 Å². The zero-order chi connectivity index (χ0) is 15.9. The molecule has 3 N–H and O–H groups in total. The zero-order valence-corrected chi connectivity index (χ0v) is 12.3. The SMILES string of the molecule is CC(C)(O)c1ccccc1-c1cc(O)c2nc[nH]c(=O)c2c1. The molecule has 5 heteroatoms. The van der Waals surface area contributed by atoms with Gasteiger partial charge in [-0.3, -0.25) is 4.79 Å². The van der Waals surface area contributed by atoms with E-state index in [2.05, 4.69) is 9.97 Å². The highest BCUT2D eigenvalue weighted by molar-refractivity contribution is 5.89. The number of hydrogen-bond acceptors (Lipinski definition) is 4. The molecule has 0 aliphatic carbocycles. The fourth-order valence-electron chi connectivity index (χ4n) is 2.58. The molecule has 1 aromatic heterocycles. The molecule has 2 aromatic carbocycles. The molecule has 112 valence electrons. The lowest BCUT2D eigenvalue weighted by Gasteiger charge is -2.22. The third kappa shape index (κ3) is 2.35. The molecule has 3 aromatic rings. The number of H-pyrrole nitrogens is 1. The molecule has 0 aliphatic heterocycles. The summed E-state index contributed by atoms with van der Waals surface area (Å²) in [5, 5.41) is 20.8. The number of aromatic nitrogens is 2. The van der Waals surface area contributed by atoms with E-state index in [0.29, 0.717) is 16.5 Å². The zero-order valence-electron chi connectivity index (χ0n) is 12.3. The number of aromatic hydroxyl groups is 1. The van der Waals surface area contributed by atoms with Crippen LogP contribution in [0.15, 0.2) is 47.5 Å². The third-order valence-corrected chi connectivity index (χ3v) is 3.62. The van der Waals surface area contributed by atoms with Crippen LogP contribution in [0.25, 0.3) is 22.0 Å². The maximum Gasteiger partial charge on any atom is 0.258 e. The third-order valence-electron chi connectivity index (χ3n) is 3.62. The Labute approximate surface area is 126 Å². The number of rotatable bonds is 2. The summed E-state index contributed by atoms with van der Waals surface area (Å²) in [5.41, 5.74) is 1.03. The molecule has 0 amide bonds. The highest BCUT2D eigenvalue weighted by Gasteiger charge is 2.21. The van der Waals surface area contributed by atoms with Crippen molar-refractivity contribution in [3.8, 4) is 16.9 Å². The van der Waals surface area contributed by atoms with E-state index < -0.39 is 5.60 Å². The summed E-state index contributed by atoms with van der Waals surface area (Å²) in [5.74, 6) is -0.0656.